The molecule has 1 aromatic carbocycles. The minimum atomic E-state index is -0.0540. The molecular weight excluding hydrogens is 345 g/mol. The summed E-state index contributed by atoms with van der Waals surface area (Å²) in [7, 11) is 0. The van der Waals surface area contributed by atoms with Gasteiger partial charge in [0.1, 0.15) is 0 Å². The van der Waals surface area contributed by atoms with Gasteiger partial charge in [0.05, 0.1) is 6.42 Å². The first-order valence-electron chi connectivity index (χ1n) is 6.46. The zero-order valence-electron chi connectivity index (χ0n) is 11.3. The monoisotopic (exact) mass is 359 g/mol. The molecule has 2 nitrogen and oxygen atoms in total. The molecule has 0 bridgehead atoms. The molecule has 1 heterocycles. The Kier molecular flexibility index (Phi) is 6.90. The van der Waals surface area contributed by atoms with Crippen molar-refractivity contribution >= 4 is 52.2 Å². The van der Waals surface area contributed by atoms with Gasteiger partial charge in [0.25, 0.3) is 0 Å². The summed E-state index contributed by atoms with van der Waals surface area (Å²) in [5.74, 6) is 1.82. The van der Waals surface area contributed by atoms with E-state index in [4.69, 9.17) is 23.2 Å². The van der Waals surface area contributed by atoms with E-state index >= 15 is 0 Å². The van der Waals surface area contributed by atoms with Gasteiger partial charge in [-0.1, -0.05) is 35.3 Å². The molecule has 0 unspecified atom stereocenters. The Morgan fingerprint density at radius 1 is 1.19 bits per heavy atom. The van der Waals surface area contributed by atoms with Crippen molar-refractivity contribution in [3.8, 4) is 0 Å². The lowest BCUT2D eigenvalue weighted by Gasteiger charge is -2.08. The predicted octanol–water partition coefficient (Wildman–Crippen LogP) is 4.65. The van der Waals surface area contributed by atoms with E-state index in [1.807, 2.05) is 11.8 Å². The van der Waals surface area contributed by atoms with E-state index in [1.165, 1.54) is 4.88 Å². The van der Waals surface area contributed by atoms with Crippen LogP contribution in [0, 0.1) is 0 Å². The van der Waals surface area contributed by atoms with Gasteiger partial charge in [0, 0.05) is 33.0 Å². The fourth-order valence-corrected chi connectivity index (χ4v) is 3.98. The summed E-state index contributed by atoms with van der Waals surface area (Å²) in [6.07, 6.45) is 0.216. The lowest BCUT2D eigenvalue weighted by atomic mass is 10.1. The zero-order valence-corrected chi connectivity index (χ0v) is 14.4. The molecule has 6 heteroatoms. The van der Waals surface area contributed by atoms with Gasteiger partial charge in [-0.05, 0) is 29.1 Å². The molecule has 0 radical (unpaired) electrons. The summed E-state index contributed by atoms with van der Waals surface area (Å²) in [6.45, 7) is 0.650. The topological polar surface area (TPSA) is 29.1 Å². The van der Waals surface area contributed by atoms with E-state index in [-0.39, 0.29) is 12.3 Å². The molecule has 1 N–H and O–H groups in total. The predicted molar refractivity (Wildman–Crippen MR) is 93.7 cm³/mol. The van der Waals surface area contributed by atoms with Crippen molar-refractivity contribution in [1.29, 1.82) is 0 Å². The molecule has 0 saturated carbocycles. The Bertz CT molecular complexity index is 567. The average molecular weight is 360 g/mol. The van der Waals surface area contributed by atoms with Gasteiger partial charge in [-0.15, -0.1) is 11.3 Å². The van der Waals surface area contributed by atoms with E-state index in [1.54, 1.807) is 29.5 Å². The van der Waals surface area contributed by atoms with Crippen molar-refractivity contribution in [2.24, 2.45) is 0 Å². The maximum absolute atomic E-state index is 11.9. The third-order valence-electron chi connectivity index (χ3n) is 2.79. The average Bonchev–Trinajstić information content (AvgIpc) is 2.96. The Balaban J connectivity index is 1.68. The molecule has 2 rings (SSSR count). The first-order chi connectivity index (χ1) is 10.2. The molecular formula is C15H15Cl2NOS2. The van der Waals surface area contributed by atoms with Gasteiger partial charge in [-0.25, -0.2) is 0 Å². The van der Waals surface area contributed by atoms with Crippen molar-refractivity contribution in [1.82, 2.24) is 5.32 Å². The number of nitrogens with one attached hydrogen (secondary N) is 1. The number of thioether (sulfide) groups is 1. The number of rotatable bonds is 7. The van der Waals surface area contributed by atoms with E-state index in [2.05, 4.69) is 22.8 Å². The lowest BCUT2D eigenvalue weighted by Crippen LogP contribution is -2.27. The van der Waals surface area contributed by atoms with Crippen LogP contribution in [-0.2, 0) is 17.0 Å². The number of carbonyl (C=O) groups is 1. The molecule has 2 aromatic rings. The zero-order chi connectivity index (χ0) is 15.1. The highest BCUT2D eigenvalue weighted by atomic mass is 35.5. The van der Waals surface area contributed by atoms with Crippen molar-refractivity contribution in [2.45, 2.75) is 12.2 Å². The Hall–Kier alpha value is -0.680. The highest BCUT2D eigenvalue weighted by molar-refractivity contribution is 7.98. The van der Waals surface area contributed by atoms with Crippen LogP contribution in [-0.4, -0.2) is 18.2 Å². The van der Waals surface area contributed by atoms with Gasteiger partial charge in [-0.2, -0.15) is 11.8 Å². The summed E-state index contributed by atoms with van der Waals surface area (Å²) in [5.41, 5.74) is 0.685. The molecule has 0 spiro atoms. The second-order valence-electron chi connectivity index (χ2n) is 4.36. The summed E-state index contributed by atoms with van der Waals surface area (Å²) in [5, 5.41) is 6.03. The number of thiophene rings is 1. The molecule has 1 aromatic heterocycles. The summed E-state index contributed by atoms with van der Waals surface area (Å²) >= 11 is 15.7. The fraction of sp³-hybridized carbons (Fsp3) is 0.267. The molecule has 0 fully saturated rings. The van der Waals surface area contributed by atoms with Crippen LogP contribution in [0.4, 0.5) is 0 Å². The first kappa shape index (κ1) is 16.7. The Morgan fingerprint density at radius 3 is 2.62 bits per heavy atom. The number of amides is 1. The van der Waals surface area contributed by atoms with Crippen LogP contribution in [0.25, 0.3) is 0 Å². The Morgan fingerprint density at radius 2 is 1.95 bits per heavy atom. The van der Waals surface area contributed by atoms with Crippen LogP contribution in [0.15, 0.2) is 35.7 Å². The lowest BCUT2D eigenvalue weighted by molar-refractivity contribution is -0.120. The summed E-state index contributed by atoms with van der Waals surface area (Å²) < 4.78 is 0. The number of halogens is 2. The van der Waals surface area contributed by atoms with Crippen LogP contribution >= 0.6 is 46.3 Å². The van der Waals surface area contributed by atoms with Crippen molar-refractivity contribution in [3.63, 3.8) is 0 Å². The standard InChI is InChI=1S/C15H15Cl2NOS2/c16-13-4-1-5-14(17)12(13)9-15(19)18-6-8-20-10-11-3-2-7-21-11/h1-5,7H,6,8-10H2,(H,18,19). The number of benzene rings is 1. The second kappa shape index (κ2) is 8.69. The molecule has 21 heavy (non-hydrogen) atoms. The van der Waals surface area contributed by atoms with Gasteiger partial charge >= 0.3 is 0 Å². The first-order valence-corrected chi connectivity index (χ1v) is 9.25. The van der Waals surface area contributed by atoms with Crippen LogP contribution in [0.3, 0.4) is 0 Å². The molecule has 112 valence electrons. The van der Waals surface area contributed by atoms with Gasteiger partial charge in [-0.3, -0.25) is 4.79 Å². The molecule has 1 amide bonds. The van der Waals surface area contributed by atoms with Crippen molar-refractivity contribution in [3.05, 3.63) is 56.2 Å². The summed E-state index contributed by atoms with van der Waals surface area (Å²) in [6, 6.07) is 9.43. The van der Waals surface area contributed by atoms with Crippen LogP contribution in [0.1, 0.15) is 10.4 Å². The minimum Gasteiger partial charge on any atom is -0.355 e. The SMILES string of the molecule is O=C(Cc1c(Cl)cccc1Cl)NCCSCc1cccs1. The third kappa shape index (κ3) is 5.55. The molecule has 0 aliphatic rings. The maximum atomic E-state index is 11.9. The highest BCUT2D eigenvalue weighted by Crippen LogP contribution is 2.24. The van der Waals surface area contributed by atoms with Crippen LogP contribution < -0.4 is 5.32 Å². The largest absolute Gasteiger partial charge is 0.355 e. The highest BCUT2D eigenvalue weighted by Gasteiger charge is 2.10. The normalized spacial score (nSPS) is 10.6. The fourth-order valence-electron chi connectivity index (χ4n) is 1.75. The smallest absolute Gasteiger partial charge is 0.224 e. The molecule has 0 aliphatic carbocycles. The minimum absolute atomic E-state index is 0.0540. The number of carbonyl (C=O) groups excluding carboxylic acids is 1. The van der Waals surface area contributed by atoms with Gasteiger partial charge in [0.2, 0.25) is 5.91 Å². The van der Waals surface area contributed by atoms with E-state index < -0.39 is 0 Å². The van der Waals surface area contributed by atoms with Crippen LogP contribution in [0.2, 0.25) is 10.0 Å². The Labute approximate surface area is 142 Å². The molecule has 0 atom stereocenters. The second-order valence-corrected chi connectivity index (χ2v) is 7.31. The van der Waals surface area contributed by atoms with Crippen LogP contribution in [0.5, 0.6) is 0 Å². The molecule has 0 saturated heterocycles. The maximum Gasteiger partial charge on any atom is 0.224 e. The quantitative estimate of drug-likeness (QED) is 0.729. The van der Waals surface area contributed by atoms with Crippen molar-refractivity contribution in [2.75, 3.05) is 12.3 Å². The number of hydrogen-bond acceptors (Lipinski definition) is 3. The third-order valence-corrected chi connectivity index (χ3v) is 5.57. The van der Waals surface area contributed by atoms with E-state index in [0.29, 0.717) is 22.2 Å². The van der Waals surface area contributed by atoms with E-state index in [9.17, 15) is 4.79 Å². The van der Waals surface area contributed by atoms with Gasteiger partial charge in [0.15, 0.2) is 0 Å². The van der Waals surface area contributed by atoms with Crippen molar-refractivity contribution < 1.29 is 4.79 Å². The van der Waals surface area contributed by atoms with E-state index in [0.717, 1.165) is 11.5 Å². The van der Waals surface area contributed by atoms with Gasteiger partial charge < -0.3 is 5.32 Å². The molecule has 0 aliphatic heterocycles. The summed E-state index contributed by atoms with van der Waals surface area (Å²) in [4.78, 5) is 13.2. The number of hydrogen-bond donors (Lipinski definition) is 1.